The highest BCUT2D eigenvalue weighted by molar-refractivity contribution is 6.05. The van der Waals surface area contributed by atoms with Gasteiger partial charge in [-0.3, -0.25) is 10.1 Å². The van der Waals surface area contributed by atoms with Crippen LogP contribution in [0.15, 0.2) is 53.0 Å². The number of aryl methyl sites for hydroxylation is 1. The van der Waals surface area contributed by atoms with Crippen LogP contribution in [0, 0.1) is 17.0 Å². The van der Waals surface area contributed by atoms with Crippen molar-refractivity contribution in [3.05, 3.63) is 75.5 Å². The zero-order chi connectivity index (χ0) is 21.0. The van der Waals surface area contributed by atoms with Crippen LogP contribution in [0.4, 0.5) is 5.69 Å². The molecule has 1 aromatic heterocycles. The van der Waals surface area contributed by atoms with Gasteiger partial charge in [0, 0.05) is 23.6 Å². The van der Waals surface area contributed by atoms with Crippen LogP contribution < -0.4 is 4.74 Å². The fraction of sp³-hybridized carbons (Fsp3) is 0.143. The van der Waals surface area contributed by atoms with E-state index in [4.69, 9.17) is 13.9 Å². The number of carbonyl (C=O) groups is 2. The van der Waals surface area contributed by atoms with Crippen LogP contribution in [0.5, 0.6) is 5.75 Å². The second-order valence-electron chi connectivity index (χ2n) is 6.02. The van der Waals surface area contributed by atoms with E-state index in [1.807, 2.05) is 0 Å². The largest absolute Gasteiger partial charge is 0.462 e. The molecule has 0 unspecified atom stereocenters. The quantitative estimate of drug-likeness (QED) is 0.199. The Kier molecular flexibility index (Phi) is 5.73. The number of hydrogen-bond acceptors (Lipinski definition) is 7. The van der Waals surface area contributed by atoms with Crippen molar-refractivity contribution in [2.75, 3.05) is 6.61 Å². The van der Waals surface area contributed by atoms with E-state index >= 15 is 0 Å². The van der Waals surface area contributed by atoms with Crippen LogP contribution in [0.25, 0.3) is 17.0 Å². The molecule has 0 aliphatic rings. The van der Waals surface area contributed by atoms with Gasteiger partial charge in [-0.15, -0.1) is 0 Å². The Hall–Kier alpha value is -3.94. The molecule has 8 heteroatoms. The van der Waals surface area contributed by atoms with Gasteiger partial charge in [-0.05, 0) is 43.7 Å². The number of furan rings is 1. The van der Waals surface area contributed by atoms with Crippen molar-refractivity contribution in [1.29, 1.82) is 0 Å². The predicted molar refractivity (Wildman–Crippen MR) is 105 cm³/mol. The first-order chi connectivity index (χ1) is 13.9. The lowest BCUT2D eigenvalue weighted by atomic mass is 10.1. The van der Waals surface area contributed by atoms with Crippen molar-refractivity contribution in [3.63, 3.8) is 0 Å². The van der Waals surface area contributed by atoms with E-state index in [9.17, 15) is 19.7 Å². The van der Waals surface area contributed by atoms with Gasteiger partial charge in [-0.2, -0.15) is 0 Å². The van der Waals surface area contributed by atoms with E-state index in [-0.39, 0.29) is 23.6 Å². The first-order valence-corrected chi connectivity index (χ1v) is 8.73. The normalized spacial score (nSPS) is 11.0. The number of nitro groups is 1. The zero-order valence-corrected chi connectivity index (χ0v) is 15.7. The van der Waals surface area contributed by atoms with Gasteiger partial charge in [-0.1, -0.05) is 12.1 Å². The summed E-state index contributed by atoms with van der Waals surface area (Å²) in [6.45, 7) is 3.58. The molecule has 29 heavy (non-hydrogen) atoms. The number of esters is 2. The average molecular weight is 395 g/mol. The lowest BCUT2D eigenvalue weighted by Gasteiger charge is -2.03. The van der Waals surface area contributed by atoms with Crippen LogP contribution in [-0.4, -0.2) is 23.5 Å². The Labute approximate surface area is 165 Å². The van der Waals surface area contributed by atoms with Gasteiger partial charge in [0.15, 0.2) is 0 Å². The van der Waals surface area contributed by atoms with E-state index < -0.39 is 16.9 Å². The standard InChI is InChI=1S/C21H17NO7/c1-3-27-21(24)20-13(2)28-18-9-8-16(12-17(18)20)29-19(23)10-7-14-5-4-6-15(11-14)22(25)26/h4-12H,3H2,1-2H3. The van der Waals surface area contributed by atoms with Crippen LogP contribution in [0.2, 0.25) is 0 Å². The highest BCUT2D eigenvalue weighted by Gasteiger charge is 2.20. The van der Waals surface area contributed by atoms with Crippen LogP contribution in [0.1, 0.15) is 28.6 Å². The molecule has 0 bridgehead atoms. The molecule has 0 aliphatic heterocycles. The number of nitrogens with zero attached hydrogens (tertiary/aromatic N) is 1. The SMILES string of the molecule is CCOC(=O)c1c(C)oc2ccc(OC(=O)C=Cc3cccc([N+](=O)[O-])c3)cc12. The molecule has 148 valence electrons. The molecule has 0 atom stereocenters. The predicted octanol–water partition coefficient (Wildman–Crippen LogP) is 4.44. The molecule has 0 fully saturated rings. The van der Waals surface area contributed by atoms with Gasteiger partial charge in [0.1, 0.15) is 22.7 Å². The van der Waals surface area contributed by atoms with Crippen molar-refractivity contribution < 1.29 is 28.4 Å². The summed E-state index contributed by atoms with van der Waals surface area (Å²) >= 11 is 0. The Morgan fingerprint density at radius 3 is 2.72 bits per heavy atom. The topological polar surface area (TPSA) is 109 Å². The molecule has 0 saturated carbocycles. The van der Waals surface area contributed by atoms with Gasteiger partial charge in [0.2, 0.25) is 0 Å². The minimum absolute atomic E-state index is 0.0761. The van der Waals surface area contributed by atoms with Gasteiger partial charge in [0.25, 0.3) is 5.69 Å². The van der Waals surface area contributed by atoms with E-state index in [2.05, 4.69) is 0 Å². The number of carbonyl (C=O) groups excluding carboxylic acids is 2. The highest BCUT2D eigenvalue weighted by atomic mass is 16.6. The summed E-state index contributed by atoms with van der Waals surface area (Å²) in [5.41, 5.74) is 1.17. The number of fused-ring (bicyclic) bond motifs is 1. The maximum atomic E-state index is 12.2. The lowest BCUT2D eigenvalue weighted by molar-refractivity contribution is -0.384. The Bertz CT molecular complexity index is 1130. The second kappa shape index (κ2) is 8.39. The maximum Gasteiger partial charge on any atom is 0.342 e. The highest BCUT2D eigenvalue weighted by Crippen LogP contribution is 2.29. The monoisotopic (exact) mass is 395 g/mol. The summed E-state index contributed by atoms with van der Waals surface area (Å²) in [7, 11) is 0. The third-order valence-electron chi connectivity index (χ3n) is 4.03. The molecule has 3 aromatic rings. The second-order valence-corrected chi connectivity index (χ2v) is 6.02. The lowest BCUT2D eigenvalue weighted by Crippen LogP contribution is -2.06. The molecule has 8 nitrogen and oxygen atoms in total. The van der Waals surface area contributed by atoms with Crippen molar-refractivity contribution >= 4 is 34.7 Å². The van der Waals surface area contributed by atoms with E-state index in [1.165, 1.54) is 30.3 Å². The molecule has 0 spiro atoms. The Morgan fingerprint density at radius 1 is 1.21 bits per heavy atom. The number of nitro benzene ring substituents is 1. The molecule has 0 N–H and O–H groups in total. The average Bonchev–Trinajstić information content (AvgIpc) is 3.02. The van der Waals surface area contributed by atoms with Crippen molar-refractivity contribution in [3.8, 4) is 5.75 Å². The fourth-order valence-electron chi connectivity index (χ4n) is 2.78. The molecule has 3 rings (SSSR count). The van der Waals surface area contributed by atoms with E-state index in [0.29, 0.717) is 22.3 Å². The zero-order valence-electron chi connectivity index (χ0n) is 15.7. The van der Waals surface area contributed by atoms with Gasteiger partial charge >= 0.3 is 11.9 Å². The number of hydrogen-bond donors (Lipinski definition) is 0. The minimum atomic E-state index is -0.672. The smallest absolute Gasteiger partial charge is 0.342 e. The molecular weight excluding hydrogens is 378 g/mol. The summed E-state index contributed by atoms with van der Waals surface area (Å²) in [5.74, 6) is -0.559. The van der Waals surface area contributed by atoms with Gasteiger partial charge in [0.05, 0.1) is 11.5 Å². The van der Waals surface area contributed by atoms with Gasteiger partial charge in [-0.25, -0.2) is 9.59 Å². The molecule has 0 radical (unpaired) electrons. The molecule has 2 aromatic carbocycles. The van der Waals surface area contributed by atoms with Gasteiger partial charge < -0.3 is 13.9 Å². The number of rotatable bonds is 6. The van der Waals surface area contributed by atoms with Crippen molar-refractivity contribution in [1.82, 2.24) is 0 Å². The fourth-order valence-corrected chi connectivity index (χ4v) is 2.78. The van der Waals surface area contributed by atoms with Crippen LogP contribution in [0.3, 0.4) is 0 Å². The molecule has 1 heterocycles. The molecule has 0 saturated heterocycles. The first-order valence-electron chi connectivity index (χ1n) is 8.73. The Morgan fingerprint density at radius 2 is 2.00 bits per heavy atom. The third-order valence-corrected chi connectivity index (χ3v) is 4.03. The van der Waals surface area contributed by atoms with Crippen molar-refractivity contribution in [2.45, 2.75) is 13.8 Å². The molecule has 0 amide bonds. The number of ether oxygens (including phenoxy) is 2. The maximum absolute atomic E-state index is 12.2. The summed E-state index contributed by atoms with van der Waals surface area (Å²) in [6, 6.07) is 10.5. The van der Waals surface area contributed by atoms with Crippen LogP contribution >= 0.6 is 0 Å². The number of non-ortho nitro benzene ring substituents is 1. The third kappa shape index (κ3) is 4.49. The number of benzene rings is 2. The van der Waals surface area contributed by atoms with E-state index in [0.717, 1.165) is 6.08 Å². The Balaban J connectivity index is 1.80. The summed E-state index contributed by atoms with van der Waals surface area (Å²) in [5, 5.41) is 11.3. The minimum Gasteiger partial charge on any atom is -0.462 e. The van der Waals surface area contributed by atoms with Crippen molar-refractivity contribution in [2.24, 2.45) is 0 Å². The molecular formula is C21H17NO7. The summed E-state index contributed by atoms with van der Waals surface area (Å²) in [6.07, 6.45) is 2.58. The summed E-state index contributed by atoms with van der Waals surface area (Å²) < 4.78 is 15.9. The van der Waals surface area contributed by atoms with E-state index in [1.54, 1.807) is 32.0 Å². The molecule has 0 aliphatic carbocycles. The summed E-state index contributed by atoms with van der Waals surface area (Å²) in [4.78, 5) is 34.6. The van der Waals surface area contributed by atoms with Crippen LogP contribution in [-0.2, 0) is 9.53 Å². The first kappa shape index (κ1) is 19.8.